The molecule has 118 valence electrons. The molecule has 1 heterocycles. The van der Waals surface area contributed by atoms with E-state index in [0.717, 1.165) is 25.7 Å². The van der Waals surface area contributed by atoms with E-state index in [0.29, 0.717) is 12.3 Å². The van der Waals surface area contributed by atoms with Gasteiger partial charge in [0.2, 0.25) is 5.91 Å². The molecular formula is C17H27NO2S. The molecule has 2 rings (SSSR count). The second-order valence-electron chi connectivity index (χ2n) is 6.46. The van der Waals surface area contributed by atoms with E-state index >= 15 is 0 Å². The Kier molecular flexibility index (Phi) is 5.82. The van der Waals surface area contributed by atoms with Gasteiger partial charge in [0.15, 0.2) is 0 Å². The van der Waals surface area contributed by atoms with Crippen LogP contribution in [0.1, 0.15) is 57.2 Å². The van der Waals surface area contributed by atoms with Gasteiger partial charge >= 0.3 is 0 Å². The van der Waals surface area contributed by atoms with E-state index in [4.69, 9.17) is 0 Å². The number of thiophene rings is 1. The second-order valence-corrected chi connectivity index (χ2v) is 7.40. The molecule has 0 bridgehead atoms. The number of hydrogen-bond donors (Lipinski definition) is 2. The SMILES string of the molecule is CC(C)C(CCO)NC(=O)C1(c2cccs2)CCCCC1. The van der Waals surface area contributed by atoms with Crippen LogP contribution in [-0.2, 0) is 10.2 Å². The summed E-state index contributed by atoms with van der Waals surface area (Å²) in [5, 5.41) is 14.5. The summed E-state index contributed by atoms with van der Waals surface area (Å²) in [6.45, 7) is 4.31. The van der Waals surface area contributed by atoms with Crippen molar-refractivity contribution in [2.45, 2.75) is 63.8 Å². The highest BCUT2D eigenvalue weighted by molar-refractivity contribution is 7.10. The lowest BCUT2D eigenvalue weighted by atomic mass is 9.72. The molecule has 3 nitrogen and oxygen atoms in total. The molecule has 21 heavy (non-hydrogen) atoms. The molecule has 2 N–H and O–H groups in total. The number of aliphatic hydroxyl groups excluding tert-OH is 1. The van der Waals surface area contributed by atoms with E-state index in [1.165, 1.54) is 11.3 Å². The molecule has 1 unspecified atom stereocenters. The molecule has 1 aliphatic carbocycles. The minimum atomic E-state index is -0.338. The maximum absolute atomic E-state index is 13.0. The summed E-state index contributed by atoms with van der Waals surface area (Å²) in [7, 11) is 0. The van der Waals surface area contributed by atoms with Crippen LogP contribution in [0.15, 0.2) is 17.5 Å². The van der Waals surface area contributed by atoms with Crippen molar-refractivity contribution < 1.29 is 9.90 Å². The fraction of sp³-hybridized carbons (Fsp3) is 0.706. The summed E-state index contributed by atoms with van der Waals surface area (Å²) >= 11 is 1.70. The Hall–Kier alpha value is -0.870. The zero-order valence-corrected chi connectivity index (χ0v) is 13.9. The van der Waals surface area contributed by atoms with Crippen LogP contribution in [0.25, 0.3) is 0 Å². The van der Waals surface area contributed by atoms with Crippen molar-refractivity contribution >= 4 is 17.2 Å². The first kappa shape index (κ1) is 16.5. The van der Waals surface area contributed by atoms with Crippen LogP contribution < -0.4 is 5.32 Å². The Morgan fingerprint density at radius 2 is 2.10 bits per heavy atom. The molecular weight excluding hydrogens is 282 g/mol. The first-order valence-electron chi connectivity index (χ1n) is 8.06. The van der Waals surface area contributed by atoms with Crippen molar-refractivity contribution in [1.82, 2.24) is 5.32 Å². The Balaban J connectivity index is 2.19. The highest BCUT2D eigenvalue weighted by atomic mass is 32.1. The van der Waals surface area contributed by atoms with Gasteiger partial charge in [0.25, 0.3) is 0 Å². The Labute approximate surface area is 131 Å². The second kappa shape index (κ2) is 7.41. The van der Waals surface area contributed by atoms with Crippen LogP contribution >= 0.6 is 11.3 Å². The van der Waals surface area contributed by atoms with Crippen LogP contribution in [0, 0.1) is 5.92 Å². The van der Waals surface area contributed by atoms with Gasteiger partial charge in [-0.2, -0.15) is 0 Å². The maximum Gasteiger partial charge on any atom is 0.231 e. The van der Waals surface area contributed by atoms with Crippen LogP contribution in [-0.4, -0.2) is 23.7 Å². The number of carbonyl (C=O) groups excluding carboxylic acids is 1. The molecule has 1 aromatic heterocycles. The Morgan fingerprint density at radius 3 is 2.62 bits per heavy atom. The number of aliphatic hydroxyl groups is 1. The van der Waals surface area contributed by atoms with Gasteiger partial charge in [-0.25, -0.2) is 0 Å². The van der Waals surface area contributed by atoms with E-state index < -0.39 is 0 Å². The quantitative estimate of drug-likeness (QED) is 0.845. The van der Waals surface area contributed by atoms with Crippen molar-refractivity contribution in [3.63, 3.8) is 0 Å². The third kappa shape index (κ3) is 3.67. The maximum atomic E-state index is 13.0. The first-order chi connectivity index (χ1) is 10.1. The molecule has 1 fully saturated rings. The summed E-state index contributed by atoms with van der Waals surface area (Å²) in [4.78, 5) is 14.2. The molecule has 1 atom stereocenters. The average Bonchev–Trinajstić information content (AvgIpc) is 3.02. The topological polar surface area (TPSA) is 49.3 Å². The van der Waals surface area contributed by atoms with Crippen LogP contribution in [0.2, 0.25) is 0 Å². The van der Waals surface area contributed by atoms with Crippen molar-refractivity contribution in [3.05, 3.63) is 22.4 Å². The molecule has 1 saturated carbocycles. The lowest BCUT2D eigenvalue weighted by Gasteiger charge is -2.37. The smallest absolute Gasteiger partial charge is 0.231 e. The highest BCUT2D eigenvalue weighted by Crippen LogP contribution is 2.42. The van der Waals surface area contributed by atoms with Crippen LogP contribution in [0.4, 0.5) is 0 Å². The fourth-order valence-corrected chi connectivity index (χ4v) is 4.29. The molecule has 0 spiro atoms. The number of carbonyl (C=O) groups is 1. The van der Waals surface area contributed by atoms with Crippen LogP contribution in [0.5, 0.6) is 0 Å². The van der Waals surface area contributed by atoms with Gasteiger partial charge in [-0.15, -0.1) is 11.3 Å². The number of rotatable bonds is 6. The van der Waals surface area contributed by atoms with E-state index in [-0.39, 0.29) is 24.0 Å². The molecule has 4 heteroatoms. The van der Waals surface area contributed by atoms with Gasteiger partial charge in [0.1, 0.15) is 0 Å². The normalized spacial score (nSPS) is 19.4. The Bertz CT molecular complexity index is 436. The van der Waals surface area contributed by atoms with Gasteiger partial charge in [-0.3, -0.25) is 4.79 Å². The predicted octanol–water partition coefficient (Wildman–Crippen LogP) is 3.47. The summed E-state index contributed by atoms with van der Waals surface area (Å²) in [6.07, 6.45) is 6.00. The molecule has 1 amide bonds. The fourth-order valence-electron chi connectivity index (χ4n) is 3.31. The minimum absolute atomic E-state index is 0.0567. The van der Waals surface area contributed by atoms with Crippen molar-refractivity contribution in [3.8, 4) is 0 Å². The molecule has 0 radical (unpaired) electrons. The van der Waals surface area contributed by atoms with E-state index in [2.05, 4.69) is 30.6 Å². The largest absolute Gasteiger partial charge is 0.396 e. The number of amides is 1. The van der Waals surface area contributed by atoms with Gasteiger partial charge in [0, 0.05) is 17.5 Å². The van der Waals surface area contributed by atoms with Crippen molar-refractivity contribution in [1.29, 1.82) is 0 Å². The minimum Gasteiger partial charge on any atom is -0.396 e. The average molecular weight is 309 g/mol. The molecule has 1 aromatic rings. The van der Waals surface area contributed by atoms with Gasteiger partial charge in [-0.1, -0.05) is 39.2 Å². The molecule has 0 saturated heterocycles. The third-order valence-electron chi connectivity index (χ3n) is 4.70. The first-order valence-corrected chi connectivity index (χ1v) is 8.94. The Morgan fingerprint density at radius 1 is 1.38 bits per heavy atom. The van der Waals surface area contributed by atoms with Gasteiger partial charge < -0.3 is 10.4 Å². The van der Waals surface area contributed by atoms with Crippen molar-refractivity contribution in [2.24, 2.45) is 5.92 Å². The van der Waals surface area contributed by atoms with E-state index in [1.54, 1.807) is 11.3 Å². The van der Waals surface area contributed by atoms with E-state index in [9.17, 15) is 9.90 Å². The summed E-state index contributed by atoms with van der Waals surface area (Å²) < 4.78 is 0. The van der Waals surface area contributed by atoms with Crippen molar-refractivity contribution in [2.75, 3.05) is 6.61 Å². The van der Waals surface area contributed by atoms with Gasteiger partial charge in [-0.05, 0) is 36.6 Å². The highest BCUT2D eigenvalue weighted by Gasteiger charge is 2.42. The predicted molar refractivity (Wildman–Crippen MR) is 87.6 cm³/mol. The number of hydrogen-bond acceptors (Lipinski definition) is 3. The summed E-state index contributed by atoms with van der Waals surface area (Å²) in [5.41, 5.74) is -0.338. The standard InChI is InChI=1S/C17H27NO2S/c1-13(2)14(8-11-19)18-16(20)17(9-4-3-5-10-17)15-7-6-12-21-15/h6-7,12-14,19H,3-5,8-11H2,1-2H3,(H,18,20). The molecule has 0 aliphatic heterocycles. The summed E-state index contributed by atoms with van der Waals surface area (Å²) in [6, 6.07) is 4.20. The zero-order valence-electron chi connectivity index (χ0n) is 13.1. The lowest BCUT2D eigenvalue weighted by Crippen LogP contribution is -2.50. The molecule has 1 aliphatic rings. The van der Waals surface area contributed by atoms with E-state index in [1.807, 2.05) is 6.07 Å². The third-order valence-corrected chi connectivity index (χ3v) is 5.77. The molecule has 0 aromatic carbocycles. The number of nitrogens with one attached hydrogen (secondary N) is 1. The lowest BCUT2D eigenvalue weighted by molar-refractivity contribution is -0.129. The zero-order chi connectivity index (χ0) is 15.3. The van der Waals surface area contributed by atoms with Gasteiger partial charge in [0.05, 0.1) is 5.41 Å². The monoisotopic (exact) mass is 309 g/mol. The summed E-state index contributed by atoms with van der Waals surface area (Å²) in [5.74, 6) is 0.502. The van der Waals surface area contributed by atoms with Crippen LogP contribution in [0.3, 0.4) is 0 Å².